The number of hydrogen-bond donors (Lipinski definition) is 1. The van der Waals surface area contributed by atoms with E-state index >= 15 is 0 Å². The van der Waals surface area contributed by atoms with Crippen LogP contribution >= 0.6 is 0 Å². The third kappa shape index (κ3) is 4.42. The summed E-state index contributed by atoms with van der Waals surface area (Å²) in [5.74, 6) is 1.80. The van der Waals surface area contributed by atoms with Gasteiger partial charge in [-0.05, 0) is 55.9 Å². The molecule has 2 aromatic rings. The van der Waals surface area contributed by atoms with E-state index in [4.69, 9.17) is 4.74 Å². The maximum atomic E-state index is 13.3. The van der Waals surface area contributed by atoms with Crippen LogP contribution in [0.15, 0.2) is 54.5 Å². The molecule has 0 saturated carbocycles. The summed E-state index contributed by atoms with van der Waals surface area (Å²) in [5, 5.41) is 3.22. The minimum absolute atomic E-state index is 0.122. The number of ether oxygens (including phenoxy) is 1. The Bertz CT molecular complexity index is 875. The molecule has 4 rings (SSSR count). The van der Waals surface area contributed by atoms with Gasteiger partial charge in [0.25, 0.3) is 0 Å². The van der Waals surface area contributed by atoms with Crippen molar-refractivity contribution in [3.05, 3.63) is 60.1 Å². The number of hydrogen-bond acceptors (Lipinski definition) is 5. The van der Waals surface area contributed by atoms with Crippen LogP contribution in [0.2, 0.25) is 0 Å². The van der Waals surface area contributed by atoms with Gasteiger partial charge in [-0.2, -0.15) is 0 Å². The fraction of sp³-hybridized carbons (Fsp3) is 0.435. The highest BCUT2D eigenvalue weighted by molar-refractivity contribution is 5.86. The molecule has 0 unspecified atom stereocenters. The van der Waals surface area contributed by atoms with E-state index in [0.29, 0.717) is 26.1 Å². The van der Waals surface area contributed by atoms with Crippen LogP contribution in [0.5, 0.6) is 5.75 Å². The molecule has 29 heavy (non-hydrogen) atoms. The van der Waals surface area contributed by atoms with Gasteiger partial charge in [0.1, 0.15) is 17.9 Å². The lowest BCUT2D eigenvalue weighted by atomic mass is 9.73. The Hall–Kier alpha value is -2.89. The van der Waals surface area contributed by atoms with Gasteiger partial charge in [0, 0.05) is 25.8 Å². The van der Waals surface area contributed by atoms with Crippen molar-refractivity contribution >= 4 is 11.7 Å². The molecule has 0 bridgehead atoms. The quantitative estimate of drug-likeness (QED) is 0.733. The van der Waals surface area contributed by atoms with Gasteiger partial charge in [-0.3, -0.25) is 4.79 Å². The van der Waals surface area contributed by atoms with Gasteiger partial charge < -0.3 is 15.0 Å². The van der Waals surface area contributed by atoms with Gasteiger partial charge in [-0.25, -0.2) is 9.97 Å². The van der Waals surface area contributed by atoms with Crippen LogP contribution < -0.4 is 15.0 Å². The summed E-state index contributed by atoms with van der Waals surface area (Å²) in [7, 11) is 1.67. The molecule has 6 heteroatoms. The second-order valence-corrected chi connectivity index (χ2v) is 8.02. The molecule has 1 fully saturated rings. The van der Waals surface area contributed by atoms with Crippen molar-refractivity contribution in [3.8, 4) is 5.75 Å². The van der Waals surface area contributed by atoms with Crippen molar-refractivity contribution in [2.45, 2.75) is 32.1 Å². The van der Waals surface area contributed by atoms with Gasteiger partial charge in [0.2, 0.25) is 5.91 Å². The van der Waals surface area contributed by atoms with Crippen LogP contribution in [-0.2, 0) is 11.2 Å². The van der Waals surface area contributed by atoms with E-state index in [1.807, 2.05) is 24.3 Å². The zero-order valence-corrected chi connectivity index (χ0v) is 16.9. The van der Waals surface area contributed by atoms with Crippen LogP contribution in [0.25, 0.3) is 0 Å². The van der Waals surface area contributed by atoms with E-state index in [1.54, 1.807) is 19.6 Å². The summed E-state index contributed by atoms with van der Waals surface area (Å²) >= 11 is 0. The number of anilines is 1. The normalized spacial score (nSPS) is 17.8. The predicted molar refractivity (Wildman–Crippen MR) is 113 cm³/mol. The highest BCUT2D eigenvalue weighted by Crippen LogP contribution is 2.37. The van der Waals surface area contributed by atoms with E-state index < -0.39 is 5.41 Å². The standard InChI is InChI=1S/C23H28N4O2/c1-29-20-9-5-8-19(12-20)13-23(15-27(16-23)21-10-11-24-17-26-21)22(28)25-14-18-6-3-2-4-7-18/h5-6,8-12,17H,2-4,7,13-16H2,1H3,(H,25,28). The lowest BCUT2D eigenvalue weighted by Crippen LogP contribution is -2.64. The number of amides is 1. The molecule has 1 aromatic carbocycles. The van der Waals surface area contributed by atoms with Crippen molar-refractivity contribution < 1.29 is 9.53 Å². The van der Waals surface area contributed by atoms with Crippen molar-refractivity contribution in [1.29, 1.82) is 0 Å². The molecular weight excluding hydrogens is 364 g/mol. The first kappa shape index (κ1) is 19.4. The predicted octanol–water partition coefficient (Wildman–Crippen LogP) is 3.15. The molecule has 1 N–H and O–H groups in total. The molecule has 1 aliphatic carbocycles. The fourth-order valence-electron chi connectivity index (χ4n) is 4.27. The maximum Gasteiger partial charge on any atom is 0.230 e. The number of carbonyl (C=O) groups is 1. The molecule has 1 saturated heterocycles. The van der Waals surface area contributed by atoms with Crippen LogP contribution in [0.4, 0.5) is 5.82 Å². The molecule has 0 spiro atoms. The summed E-state index contributed by atoms with van der Waals surface area (Å²) in [5.41, 5.74) is 2.00. The molecule has 1 amide bonds. The number of aromatic nitrogens is 2. The highest BCUT2D eigenvalue weighted by atomic mass is 16.5. The van der Waals surface area contributed by atoms with E-state index in [9.17, 15) is 4.79 Å². The van der Waals surface area contributed by atoms with Crippen LogP contribution in [0, 0.1) is 5.41 Å². The van der Waals surface area contributed by atoms with Gasteiger partial charge in [-0.15, -0.1) is 0 Å². The van der Waals surface area contributed by atoms with Crippen molar-refractivity contribution in [3.63, 3.8) is 0 Å². The van der Waals surface area contributed by atoms with E-state index in [-0.39, 0.29) is 5.91 Å². The summed E-state index contributed by atoms with van der Waals surface area (Å²) in [6.45, 7) is 1.95. The third-order valence-electron chi connectivity index (χ3n) is 5.90. The third-order valence-corrected chi connectivity index (χ3v) is 5.90. The average Bonchev–Trinajstić information content (AvgIpc) is 2.75. The topological polar surface area (TPSA) is 67.3 Å². The smallest absolute Gasteiger partial charge is 0.230 e. The summed E-state index contributed by atoms with van der Waals surface area (Å²) in [6, 6.07) is 9.88. The molecule has 152 valence electrons. The number of rotatable bonds is 7. The molecule has 1 aromatic heterocycles. The van der Waals surface area contributed by atoms with Crippen molar-refractivity contribution in [2.24, 2.45) is 5.41 Å². The van der Waals surface area contributed by atoms with Gasteiger partial charge in [0.05, 0.1) is 12.5 Å². The largest absolute Gasteiger partial charge is 0.497 e. The number of nitrogens with one attached hydrogen (secondary N) is 1. The number of benzene rings is 1. The zero-order chi connectivity index (χ0) is 20.1. The maximum absolute atomic E-state index is 13.3. The summed E-state index contributed by atoms with van der Waals surface area (Å²) < 4.78 is 5.36. The van der Waals surface area contributed by atoms with Gasteiger partial charge in [0.15, 0.2) is 0 Å². The van der Waals surface area contributed by atoms with E-state index in [2.05, 4.69) is 32.3 Å². The molecule has 6 nitrogen and oxygen atoms in total. The first-order chi connectivity index (χ1) is 14.2. The Morgan fingerprint density at radius 1 is 1.28 bits per heavy atom. The highest BCUT2D eigenvalue weighted by Gasteiger charge is 2.49. The molecular formula is C23H28N4O2. The lowest BCUT2D eigenvalue weighted by Gasteiger charge is -2.49. The number of nitrogens with zero attached hydrogens (tertiary/aromatic N) is 3. The van der Waals surface area contributed by atoms with Crippen LogP contribution in [0.1, 0.15) is 31.2 Å². The molecule has 1 aliphatic heterocycles. The van der Waals surface area contributed by atoms with E-state index in [0.717, 1.165) is 30.0 Å². The first-order valence-corrected chi connectivity index (χ1v) is 10.3. The summed E-state index contributed by atoms with van der Waals surface area (Å²) in [4.78, 5) is 23.8. The number of methoxy groups -OCH3 is 1. The van der Waals surface area contributed by atoms with Crippen molar-refractivity contribution in [1.82, 2.24) is 15.3 Å². The minimum Gasteiger partial charge on any atom is -0.497 e. The molecule has 0 atom stereocenters. The SMILES string of the molecule is COc1cccc(CC2(C(=O)NCC3=CCCCC3)CN(c3ccncn3)C2)c1. The Balaban J connectivity index is 1.49. The monoisotopic (exact) mass is 392 g/mol. The average molecular weight is 393 g/mol. The number of carbonyl (C=O) groups excluding carboxylic acids is 1. The second-order valence-electron chi connectivity index (χ2n) is 8.02. The molecule has 2 heterocycles. The van der Waals surface area contributed by atoms with Gasteiger partial charge in [-0.1, -0.05) is 23.8 Å². The fourth-order valence-corrected chi connectivity index (χ4v) is 4.27. The first-order valence-electron chi connectivity index (χ1n) is 10.3. The Morgan fingerprint density at radius 3 is 2.90 bits per heavy atom. The molecule has 0 radical (unpaired) electrons. The second kappa shape index (κ2) is 8.64. The molecule has 2 aliphatic rings. The Morgan fingerprint density at radius 2 is 2.17 bits per heavy atom. The Kier molecular flexibility index (Phi) is 5.79. The zero-order valence-electron chi connectivity index (χ0n) is 16.9. The Labute approximate surface area is 172 Å². The van der Waals surface area contributed by atoms with Gasteiger partial charge >= 0.3 is 0 Å². The minimum atomic E-state index is -0.466. The lowest BCUT2D eigenvalue weighted by molar-refractivity contribution is -0.132. The van der Waals surface area contributed by atoms with Crippen LogP contribution in [-0.4, -0.2) is 42.6 Å². The van der Waals surface area contributed by atoms with Crippen molar-refractivity contribution in [2.75, 3.05) is 31.6 Å². The van der Waals surface area contributed by atoms with E-state index in [1.165, 1.54) is 18.4 Å². The summed E-state index contributed by atoms with van der Waals surface area (Å²) in [6.07, 6.45) is 10.9. The number of allylic oxidation sites excluding steroid dienone is 1. The van der Waals surface area contributed by atoms with Crippen LogP contribution in [0.3, 0.4) is 0 Å².